The van der Waals surface area contributed by atoms with E-state index in [1.54, 1.807) is 0 Å². The smallest absolute Gasteiger partial charge is 0.328 e. The molecule has 20 heavy (non-hydrogen) atoms. The van der Waals surface area contributed by atoms with Gasteiger partial charge in [-0.15, -0.1) is 0 Å². The van der Waals surface area contributed by atoms with Crippen LogP contribution in [-0.4, -0.2) is 21.3 Å². The first-order valence-corrected chi connectivity index (χ1v) is 6.74. The topological polar surface area (TPSA) is 75.1 Å². The lowest BCUT2D eigenvalue weighted by Gasteiger charge is -2.10. The van der Waals surface area contributed by atoms with Gasteiger partial charge in [0.1, 0.15) is 0 Å². The Balaban J connectivity index is 2.37. The molecule has 1 aromatic carbocycles. The minimum atomic E-state index is -0.486. The first-order valence-electron chi connectivity index (χ1n) is 5.95. The number of rotatable bonds is 4. The Morgan fingerprint density at radius 1 is 1.20 bits per heavy atom. The van der Waals surface area contributed by atoms with Crippen molar-refractivity contribution in [3.8, 4) is 0 Å². The third-order valence-electron chi connectivity index (χ3n) is 2.81. The van der Waals surface area contributed by atoms with Gasteiger partial charge < -0.3 is 5.11 Å². The molecule has 0 bridgehead atoms. The van der Waals surface area contributed by atoms with Crippen molar-refractivity contribution in [2.75, 3.05) is 6.61 Å². The van der Waals surface area contributed by atoms with Crippen LogP contribution in [0.1, 0.15) is 5.56 Å². The fraction of sp³-hybridized carbons (Fsp3) is 0.143. The van der Waals surface area contributed by atoms with E-state index < -0.39 is 11.2 Å². The summed E-state index contributed by atoms with van der Waals surface area (Å²) in [5.41, 5.74) is 0.652. The largest absolute Gasteiger partial charge is 0.392 e. The number of allylic oxidation sites excluding steroid dienone is 1. The lowest BCUT2D eigenvalue weighted by atomic mass is 10.1. The number of hydrogen-bond donors (Lipinski definition) is 2. The van der Waals surface area contributed by atoms with Crippen LogP contribution in [0.25, 0.3) is 5.57 Å². The molecule has 1 heterocycles. The number of aliphatic hydroxyl groups is 1. The average molecular weight is 337 g/mol. The third kappa shape index (κ3) is 3.34. The molecule has 0 atom stereocenters. The van der Waals surface area contributed by atoms with Crippen LogP contribution < -0.4 is 11.2 Å². The molecule has 0 saturated heterocycles. The molecule has 0 aliphatic rings. The van der Waals surface area contributed by atoms with Crippen molar-refractivity contribution < 1.29 is 5.11 Å². The number of H-pyrrole nitrogens is 1. The second-order valence-electron chi connectivity index (χ2n) is 4.15. The van der Waals surface area contributed by atoms with E-state index in [0.29, 0.717) is 10.1 Å². The van der Waals surface area contributed by atoms with E-state index in [1.807, 2.05) is 30.3 Å². The highest BCUT2D eigenvalue weighted by Crippen LogP contribution is 2.23. The predicted octanol–water partition coefficient (Wildman–Crippen LogP) is 1.34. The first-order chi connectivity index (χ1) is 9.61. The van der Waals surface area contributed by atoms with Crippen molar-refractivity contribution >= 4 is 21.5 Å². The van der Waals surface area contributed by atoms with Gasteiger partial charge in [0.25, 0.3) is 5.56 Å². The monoisotopic (exact) mass is 336 g/mol. The van der Waals surface area contributed by atoms with Gasteiger partial charge in [0.05, 0.1) is 13.2 Å². The SMILES string of the molecule is O=c1ccn(C/C(Br)=C(\CO)c2ccccc2)c(=O)[nH]1. The summed E-state index contributed by atoms with van der Waals surface area (Å²) in [6.45, 7) is 0.0864. The summed E-state index contributed by atoms with van der Waals surface area (Å²) in [5, 5.41) is 9.51. The molecule has 2 rings (SSSR count). The molecule has 0 spiro atoms. The predicted molar refractivity (Wildman–Crippen MR) is 80.7 cm³/mol. The van der Waals surface area contributed by atoms with E-state index in [0.717, 1.165) is 5.56 Å². The van der Waals surface area contributed by atoms with E-state index in [9.17, 15) is 14.7 Å². The van der Waals surface area contributed by atoms with E-state index >= 15 is 0 Å². The maximum Gasteiger partial charge on any atom is 0.328 e. The summed E-state index contributed by atoms with van der Waals surface area (Å²) in [6, 6.07) is 10.7. The Bertz CT molecular complexity index is 732. The fourth-order valence-corrected chi connectivity index (χ4v) is 2.41. The van der Waals surface area contributed by atoms with E-state index in [1.165, 1.54) is 16.8 Å². The summed E-state index contributed by atoms with van der Waals surface area (Å²) < 4.78 is 2.03. The number of nitrogens with zero attached hydrogens (tertiary/aromatic N) is 1. The molecular weight excluding hydrogens is 324 g/mol. The summed E-state index contributed by atoms with van der Waals surface area (Å²) >= 11 is 3.40. The molecular formula is C14H13BrN2O3. The second-order valence-corrected chi connectivity index (χ2v) is 5.10. The highest BCUT2D eigenvalue weighted by atomic mass is 79.9. The molecule has 6 heteroatoms. The molecule has 0 fully saturated rings. The van der Waals surface area contributed by atoms with Crippen LogP contribution in [0.2, 0.25) is 0 Å². The first kappa shape index (κ1) is 14.5. The highest BCUT2D eigenvalue weighted by molar-refractivity contribution is 9.11. The standard InChI is InChI=1S/C14H13BrN2O3/c15-12(8-17-7-6-13(19)16-14(17)20)11(9-18)10-4-2-1-3-5-10/h1-7,18H,8-9H2,(H,16,19,20)/b12-11-. The van der Waals surface area contributed by atoms with Gasteiger partial charge in [-0.25, -0.2) is 4.79 Å². The van der Waals surface area contributed by atoms with Crippen LogP contribution in [0.4, 0.5) is 0 Å². The molecule has 0 amide bonds. The van der Waals surface area contributed by atoms with Crippen molar-refractivity contribution in [3.05, 3.63) is 73.5 Å². The summed E-state index contributed by atoms with van der Waals surface area (Å²) in [7, 11) is 0. The van der Waals surface area contributed by atoms with Gasteiger partial charge in [-0.05, 0) is 11.1 Å². The van der Waals surface area contributed by atoms with Crippen molar-refractivity contribution in [3.63, 3.8) is 0 Å². The summed E-state index contributed by atoms with van der Waals surface area (Å²) in [6.07, 6.45) is 1.42. The molecule has 104 valence electrons. The molecule has 0 unspecified atom stereocenters. The molecule has 0 radical (unpaired) electrons. The van der Waals surface area contributed by atoms with Crippen molar-refractivity contribution in [1.82, 2.24) is 9.55 Å². The van der Waals surface area contributed by atoms with Crippen LogP contribution in [0.3, 0.4) is 0 Å². The fourth-order valence-electron chi connectivity index (χ4n) is 1.79. The van der Waals surface area contributed by atoms with Gasteiger partial charge in [0.2, 0.25) is 0 Å². The van der Waals surface area contributed by atoms with Crippen molar-refractivity contribution in [1.29, 1.82) is 0 Å². The van der Waals surface area contributed by atoms with Crippen molar-refractivity contribution in [2.45, 2.75) is 6.54 Å². The van der Waals surface area contributed by atoms with Crippen LogP contribution in [0.15, 0.2) is 56.7 Å². The van der Waals surface area contributed by atoms with Crippen LogP contribution >= 0.6 is 15.9 Å². The number of aromatic nitrogens is 2. The minimum Gasteiger partial charge on any atom is -0.392 e. The van der Waals surface area contributed by atoms with Crippen LogP contribution in [0, 0.1) is 0 Å². The lowest BCUT2D eigenvalue weighted by molar-refractivity contribution is 0.349. The number of benzene rings is 1. The van der Waals surface area contributed by atoms with Crippen LogP contribution in [0.5, 0.6) is 0 Å². The number of aliphatic hydroxyl groups excluding tert-OH is 1. The molecule has 0 aliphatic heterocycles. The number of hydrogen-bond acceptors (Lipinski definition) is 3. The Hall–Kier alpha value is -1.92. The van der Waals surface area contributed by atoms with Gasteiger partial charge >= 0.3 is 5.69 Å². The number of halogens is 1. The average Bonchev–Trinajstić information content (AvgIpc) is 2.44. The van der Waals surface area contributed by atoms with Gasteiger partial charge in [0, 0.05) is 16.7 Å². The zero-order valence-corrected chi connectivity index (χ0v) is 12.1. The van der Waals surface area contributed by atoms with Gasteiger partial charge in [0.15, 0.2) is 0 Å². The molecule has 2 aromatic rings. The van der Waals surface area contributed by atoms with E-state index in [4.69, 9.17) is 0 Å². The molecule has 5 nitrogen and oxygen atoms in total. The third-order valence-corrected chi connectivity index (χ3v) is 3.54. The zero-order chi connectivity index (χ0) is 14.5. The molecule has 2 N–H and O–H groups in total. The molecule has 1 aromatic heterocycles. The van der Waals surface area contributed by atoms with Crippen molar-refractivity contribution in [2.24, 2.45) is 0 Å². The molecule has 0 aliphatic carbocycles. The van der Waals surface area contributed by atoms with Gasteiger partial charge in [-0.1, -0.05) is 46.3 Å². The zero-order valence-electron chi connectivity index (χ0n) is 10.5. The Morgan fingerprint density at radius 3 is 2.50 bits per heavy atom. The second kappa shape index (κ2) is 6.49. The molecule has 0 saturated carbocycles. The van der Waals surface area contributed by atoms with Gasteiger partial charge in [-0.2, -0.15) is 0 Å². The Labute approximate surface area is 123 Å². The number of nitrogens with one attached hydrogen (secondary N) is 1. The van der Waals surface area contributed by atoms with Crippen LogP contribution in [-0.2, 0) is 6.54 Å². The quantitative estimate of drug-likeness (QED) is 0.884. The summed E-state index contributed by atoms with van der Waals surface area (Å²) in [5.74, 6) is 0. The maximum absolute atomic E-state index is 11.6. The van der Waals surface area contributed by atoms with E-state index in [2.05, 4.69) is 20.9 Å². The van der Waals surface area contributed by atoms with E-state index in [-0.39, 0.29) is 13.2 Å². The Kier molecular flexibility index (Phi) is 4.70. The highest BCUT2D eigenvalue weighted by Gasteiger charge is 2.07. The lowest BCUT2D eigenvalue weighted by Crippen LogP contribution is -2.28. The number of aromatic amines is 1. The summed E-state index contributed by atoms with van der Waals surface area (Å²) in [4.78, 5) is 24.8. The normalized spacial score (nSPS) is 12.1. The minimum absolute atomic E-state index is 0.150. The van der Waals surface area contributed by atoms with Gasteiger partial charge in [-0.3, -0.25) is 14.3 Å². The maximum atomic E-state index is 11.6. The Morgan fingerprint density at radius 2 is 1.90 bits per heavy atom.